The number of fused-ring (bicyclic) bond motifs is 1. The number of halogens is 2. The molecular formula is C15H26Cl2N4O2. The number of amides is 1. The number of nitrogens with zero attached hydrogens (tertiary/aromatic N) is 2. The maximum absolute atomic E-state index is 12.8. The molecule has 1 fully saturated rings. The van der Waals surface area contributed by atoms with Gasteiger partial charge in [0.2, 0.25) is 5.91 Å². The quantitative estimate of drug-likeness (QED) is 0.853. The molecule has 3 rings (SSSR count). The van der Waals surface area contributed by atoms with Crippen LogP contribution in [0.3, 0.4) is 0 Å². The van der Waals surface area contributed by atoms with E-state index in [-0.39, 0.29) is 36.8 Å². The highest BCUT2D eigenvalue weighted by atomic mass is 35.5. The van der Waals surface area contributed by atoms with Gasteiger partial charge in [0.25, 0.3) is 0 Å². The second-order valence-electron chi connectivity index (χ2n) is 5.84. The van der Waals surface area contributed by atoms with E-state index >= 15 is 0 Å². The normalized spacial score (nSPS) is 20.8. The first-order valence-electron chi connectivity index (χ1n) is 7.91. The summed E-state index contributed by atoms with van der Waals surface area (Å²) in [5, 5.41) is 3.31. The molecule has 8 heteroatoms. The van der Waals surface area contributed by atoms with Gasteiger partial charge in [-0.3, -0.25) is 4.79 Å². The molecule has 1 aromatic heterocycles. The summed E-state index contributed by atoms with van der Waals surface area (Å²) in [7, 11) is 0. The lowest BCUT2D eigenvalue weighted by Crippen LogP contribution is -2.46. The van der Waals surface area contributed by atoms with E-state index in [2.05, 4.69) is 15.3 Å². The predicted molar refractivity (Wildman–Crippen MR) is 93.3 cm³/mol. The van der Waals surface area contributed by atoms with Crippen LogP contribution >= 0.6 is 24.8 Å². The minimum absolute atomic E-state index is 0. The number of imidazole rings is 1. The van der Waals surface area contributed by atoms with Crippen molar-refractivity contribution in [1.29, 1.82) is 0 Å². The van der Waals surface area contributed by atoms with Crippen LogP contribution in [0.2, 0.25) is 0 Å². The van der Waals surface area contributed by atoms with Crippen molar-refractivity contribution in [3.63, 3.8) is 0 Å². The number of likely N-dealkylation sites (N-methyl/N-ethyl adjacent to an activating group) is 1. The van der Waals surface area contributed by atoms with Crippen LogP contribution in [0.1, 0.15) is 37.2 Å². The highest BCUT2D eigenvalue weighted by Crippen LogP contribution is 2.23. The summed E-state index contributed by atoms with van der Waals surface area (Å²) in [6.45, 7) is 6.08. The van der Waals surface area contributed by atoms with Crippen LogP contribution in [0.15, 0.2) is 6.33 Å². The first-order chi connectivity index (χ1) is 10.3. The standard InChI is InChI=1S/C15H24N4O2.2ClH/c1-2-19(9-11-4-7-21-8-5-11)15(20)14-13-12(3-6-16-14)17-10-18-13;;/h10-11,14,16H,2-9H2,1H3,(H,17,18);2*1H. The maximum Gasteiger partial charge on any atom is 0.246 e. The Morgan fingerprint density at radius 3 is 2.83 bits per heavy atom. The number of ether oxygens (including phenoxy) is 1. The van der Waals surface area contributed by atoms with Gasteiger partial charge in [-0.05, 0) is 25.7 Å². The van der Waals surface area contributed by atoms with Gasteiger partial charge in [-0.25, -0.2) is 4.98 Å². The number of rotatable bonds is 4. The van der Waals surface area contributed by atoms with Gasteiger partial charge in [0.1, 0.15) is 6.04 Å². The Balaban J connectivity index is 0.00000132. The monoisotopic (exact) mass is 364 g/mol. The van der Waals surface area contributed by atoms with Crippen LogP contribution in [0.25, 0.3) is 0 Å². The average Bonchev–Trinajstić information content (AvgIpc) is 3.01. The highest BCUT2D eigenvalue weighted by Gasteiger charge is 2.32. The summed E-state index contributed by atoms with van der Waals surface area (Å²) in [6.07, 6.45) is 4.70. The molecule has 0 spiro atoms. The fourth-order valence-electron chi connectivity index (χ4n) is 3.22. The van der Waals surface area contributed by atoms with Crippen molar-refractivity contribution in [3.8, 4) is 0 Å². The number of H-pyrrole nitrogens is 1. The van der Waals surface area contributed by atoms with Crippen LogP contribution in [-0.4, -0.2) is 53.6 Å². The summed E-state index contributed by atoms with van der Waals surface area (Å²) >= 11 is 0. The summed E-state index contributed by atoms with van der Waals surface area (Å²) in [5.41, 5.74) is 1.96. The average molecular weight is 365 g/mol. The number of hydrogen-bond donors (Lipinski definition) is 2. The summed E-state index contributed by atoms with van der Waals surface area (Å²) in [5.74, 6) is 0.710. The first kappa shape index (κ1) is 20.2. The zero-order chi connectivity index (χ0) is 14.7. The molecule has 3 heterocycles. The Kier molecular flexibility index (Phi) is 8.33. The van der Waals surface area contributed by atoms with Crippen molar-refractivity contribution in [2.75, 3.05) is 32.8 Å². The van der Waals surface area contributed by atoms with Crippen molar-refractivity contribution in [2.24, 2.45) is 5.92 Å². The molecule has 0 saturated carbocycles. The van der Waals surface area contributed by atoms with Gasteiger partial charge in [-0.1, -0.05) is 0 Å². The van der Waals surface area contributed by atoms with E-state index in [0.717, 1.165) is 63.5 Å². The van der Waals surface area contributed by atoms with E-state index in [1.807, 2.05) is 11.8 Å². The number of hydrogen-bond acceptors (Lipinski definition) is 4. The summed E-state index contributed by atoms with van der Waals surface area (Å²) < 4.78 is 5.40. The van der Waals surface area contributed by atoms with Crippen molar-refractivity contribution in [2.45, 2.75) is 32.2 Å². The molecule has 2 N–H and O–H groups in total. The zero-order valence-electron chi connectivity index (χ0n) is 13.4. The topological polar surface area (TPSA) is 70.2 Å². The molecule has 23 heavy (non-hydrogen) atoms. The SMILES string of the molecule is CCN(CC1CCOCC1)C(=O)C1NCCc2[nH]cnc21.Cl.Cl. The Morgan fingerprint density at radius 2 is 2.13 bits per heavy atom. The Labute approximate surface area is 149 Å². The van der Waals surface area contributed by atoms with Crippen molar-refractivity contribution in [3.05, 3.63) is 17.7 Å². The third-order valence-electron chi connectivity index (χ3n) is 4.51. The fraction of sp³-hybridized carbons (Fsp3) is 0.733. The van der Waals surface area contributed by atoms with E-state index in [9.17, 15) is 4.79 Å². The smallest absolute Gasteiger partial charge is 0.246 e. The second kappa shape index (κ2) is 9.47. The lowest BCUT2D eigenvalue weighted by molar-refractivity contribution is -0.134. The zero-order valence-corrected chi connectivity index (χ0v) is 15.0. The van der Waals surface area contributed by atoms with Gasteiger partial charge >= 0.3 is 0 Å². The fourth-order valence-corrected chi connectivity index (χ4v) is 3.22. The molecule has 1 atom stereocenters. The summed E-state index contributed by atoms with van der Waals surface area (Å²) in [4.78, 5) is 22.3. The van der Waals surface area contributed by atoms with Gasteiger partial charge in [-0.2, -0.15) is 0 Å². The molecule has 0 aromatic carbocycles. The van der Waals surface area contributed by atoms with Gasteiger partial charge < -0.3 is 19.9 Å². The van der Waals surface area contributed by atoms with Crippen LogP contribution < -0.4 is 5.32 Å². The number of nitrogens with one attached hydrogen (secondary N) is 2. The van der Waals surface area contributed by atoms with Crippen molar-refractivity contribution < 1.29 is 9.53 Å². The van der Waals surface area contributed by atoms with E-state index in [1.54, 1.807) is 6.33 Å². The number of aromatic nitrogens is 2. The molecule has 2 aliphatic heterocycles. The van der Waals surface area contributed by atoms with Crippen LogP contribution in [0, 0.1) is 5.92 Å². The van der Waals surface area contributed by atoms with Crippen molar-refractivity contribution >= 4 is 30.7 Å². The van der Waals surface area contributed by atoms with Crippen LogP contribution in [0.5, 0.6) is 0 Å². The summed E-state index contributed by atoms with van der Waals surface area (Å²) in [6, 6.07) is -0.292. The molecular weight excluding hydrogens is 339 g/mol. The Morgan fingerprint density at radius 1 is 1.39 bits per heavy atom. The van der Waals surface area contributed by atoms with Crippen molar-refractivity contribution in [1.82, 2.24) is 20.2 Å². The number of carbonyl (C=O) groups excluding carboxylic acids is 1. The van der Waals surface area contributed by atoms with E-state index < -0.39 is 0 Å². The number of carbonyl (C=O) groups is 1. The minimum Gasteiger partial charge on any atom is -0.381 e. The molecule has 0 radical (unpaired) electrons. The number of aromatic amines is 1. The van der Waals surface area contributed by atoms with E-state index in [4.69, 9.17) is 4.74 Å². The predicted octanol–water partition coefficient (Wildman–Crippen LogP) is 1.72. The van der Waals surface area contributed by atoms with Gasteiger partial charge in [-0.15, -0.1) is 24.8 Å². The Bertz CT molecular complexity index is 492. The molecule has 0 aliphatic carbocycles. The lowest BCUT2D eigenvalue weighted by Gasteiger charge is -2.32. The lowest BCUT2D eigenvalue weighted by atomic mass is 9.98. The molecule has 1 unspecified atom stereocenters. The molecule has 1 aromatic rings. The molecule has 132 valence electrons. The molecule has 6 nitrogen and oxygen atoms in total. The van der Waals surface area contributed by atoms with E-state index in [0.29, 0.717) is 5.92 Å². The molecule has 0 bridgehead atoms. The first-order valence-corrected chi connectivity index (χ1v) is 7.91. The van der Waals surface area contributed by atoms with Gasteiger partial charge in [0.05, 0.1) is 12.0 Å². The largest absolute Gasteiger partial charge is 0.381 e. The van der Waals surface area contributed by atoms with Gasteiger partial charge in [0.15, 0.2) is 0 Å². The third-order valence-corrected chi connectivity index (χ3v) is 4.51. The Hall–Kier alpha value is -0.820. The third kappa shape index (κ3) is 4.59. The van der Waals surface area contributed by atoms with E-state index in [1.165, 1.54) is 0 Å². The highest BCUT2D eigenvalue weighted by molar-refractivity contribution is 5.85. The van der Waals surface area contributed by atoms with Gasteiger partial charge in [0, 0.05) is 45.0 Å². The molecule has 1 amide bonds. The van der Waals surface area contributed by atoms with Crippen LogP contribution in [0.4, 0.5) is 0 Å². The molecule has 2 aliphatic rings. The minimum atomic E-state index is -0.292. The maximum atomic E-state index is 12.8. The van der Waals surface area contributed by atoms with Crippen LogP contribution in [-0.2, 0) is 16.0 Å². The second-order valence-corrected chi connectivity index (χ2v) is 5.84. The molecule has 1 saturated heterocycles.